The minimum Gasteiger partial charge on any atom is -0.211 e. The lowest BCUT2D eigenvalue weighted by atomic mass is 9.76. The van der Waals surface area contributed by atoms with Gasteiger partial charge >= 0.3 is 0 Å². The summed E-state index contributed by atoms with van der Waals surface area (Å²) in [7, 11) is 0. The highest BCUT2D eigenvalue weighted by Crippen LogP contribution is 2.36. The molecule has 0 heterocycles. The second-order valence-corrected chi connectivity index (χ2v) is 3.64. The molecule has 14 heavy (non-hydrogen) atoms. The van der Waals surface area contributed by atoms with E-state index < -0.39 is 5.54 Å². The molecule has 1 aliphatic rings. The summed E-state index contributed by atoms with van der Waals surface area (Å²) in [5.74, 6) is 0. The molecule has 2 unspecified atom stereocenters. The summed E-state index contributed by atoms with van der Waals surface area (Å²) in [6, 6.07) is -0.180. The first kappa shape index (κ1) is 10.8. The zero-order valence-corrected chi connectivity index (χ0v) is 8.32. The highest BCUT2D eigenvalue weighted by molar-refractivity contribution is 5.38. The van der Waals surface area contributed by atoms with E-state index in [2.05, 4.69) is 9.98 Å². The molecule has 4 nitrogen and oxygen atoms in total. The Morgan fingerprint density at radius 3 is 2.71 bits per heavy atom. The van der Waals surface area contributed by atoms with Crippen LogP contribution in [0.3, 0.4) is 0 Å². The molecule has 76 valence electrons. The molecule has 1 fully saturated rings. The van der Waals surface area contributed by atoms with Gasteiger partial charge in [0.2, 0.25) is 12.2 Å². The fourth-order valence-electron chi connectivity index (χ4n) is 2.17. The second-order valence-electron chi connectivity index (χ2n) is 3.64. The number of hydrogen-bond donors (Lipinski definition) is 0. The summed E-state index contributed by atoms with van der Waals surface area (Å²) >= 11 is 0. The fraction of sp³-hybridized carbons (Fsp3) is 0.800. The van der Waals surface area contributed by atoms with Gasteiger partial charge in [0, 0.05) is 0 Å². The molecule has 0 N–H and O–H groups in total. The summed E-state index contributed by atoms with van der Waals surface area (Å²) in [5.41, 5.74) is -0.489. The van der Waals surface area contributed by atoms with Crippen LogP contribution in [0.5, 0.6) is 0 Å². The molecule has 0 amide bonds. The van der Waals surface area contributed by atoms with Crippen LogP contribution in [0.1, 0.15) is 39.0 Å². The Hall–Kier alpha value is -1.24. The van der Waals surface area contributed by atoms with Crippen molar-refractivity contribution in [2.45, 2.75) is 50.6 Å². The standard InChI is InChI=1S/C10H14N2O2/c1-2-10(12-8-14)6-4-3-5-9(10)11-7-13/h9H,2-6H2,1H3. The molecule has 0 saturated heterocycles. The third-order valence-electron chi connectivity index (χ3n) is 3.05. The molecule has 0 aromatic carbocycles. The zero-order valence-electron chi connectivity index (χ0n) is 8.32. The van der Waals surface area contributed by atoms with Gasteiger partial charge in [-0.1, -0.05) is 19.8 Å². The molecular formula is C10H14N2O2. The Kier molecular flexibility index (Phi) is 3.75. The Labute approximate surface area is 83.1 Å². The van der Waals surface area contributed by atoms with Gasteiger partial charge in [-0.2, -0.15) is 9.98 Å². The van der Waals surface area contributed by atoms with Crippen molar-refractivity contribution in [3.8, 4) is 0 Å². The quantitative estimate of drug-likeness (QED) is 0.507. The van der Waals surface area contributed by atoms with E-state index in [9.17, 15) is 9.59 Å². The maximum absolute atomic E-state index is 10.4. The lowest BCUT2D eigenvalue weighted by Crippen LogP contribution is -2.41. The van der Waals surface area contributed by atoms with Gasteiger partial charge in [0.15, 0.2) is 0 Å². The first-order valence-electron chi connectivity index (χ1n) is 4.95. The molecule has 2 atom stereocenters. The van der Waals surface area contributed by atoms with E-state index in [0.717, 1.165) is 32.1 Å². The lowest BCUT2D eigenvalue weighted by Gasteiger charge is -2.35. The molecule has 0 aromatic rings. The van der Waals surface area contributed by atoms with Crippen molar-refractivity contribution >= 4 is 12.2 Å². The largest absolute Gasteiger partial charge is 0.235 e. The van der Waals surface area contributed by atoms with Crippen molar-refractivity contribution in [1.82, 2.24) is 0 Å². The molecule has 1 rings (SSSR count). The molecule has 0 aliphatic heterocycles. The highest BCUT2D eigenvalue weighted by atomic mass is 16.1. The predicted octanol–water partition coefficient (Wildman–Crippen LogP) is 1.75. The van der Waals surface area contributed by atoms with Crippen LogP contribution in [-0.2, 0) is 9.59 Å². The van der Waals surface area contributed by atoms with Crippen molar-refractivity contribution < 1.29 is 9.59 Å². The monoisotopic (exact) mass is 194 g/mol. The maximum atomic E-state index is 10.4. The van der Waals surface area contributed by atoms with Crippen LogP contribution in [0.4, 0.5) is 0 Å². The first-order valence-corrected chi connectivity index (χ1v) is 4.95. The van der Waals surface area contributed by atoms with Crippen LogP contribution in [0, 0.1) is 0 Å². The smallest absolute Gasteiger partial charge is 0.211 e. The normalized spacial score (nSPS) is 31.4. The highest BCUT2D eigenvalue weighted by Gasteiger charge is 2.39. The molecule has 0 aromatic heterocycles. The van der Waals surface area contributed by atoms with Gasteiger partial charge in [0.25, 0.3) is 0 Å². The van der Waals surface area contributed by atoms with Crippen molar-refractivity contribution in [2.75, 3.05) is 0 Å². The van der Waals surface area contributed by atoms with Crippen molar-refractivity contribution in [1.29, 1.82) is 0 Å². The SMILES string of the molecule is CCC1(N=C=O)CCCCC1N=C=O. The van der Waals surface area contributed by atoms with E-state index in [1.807, 2.05) is 6.92 Å². The van der Waals surface area contributed by atoms with Crippen molar-refractivity contribution in [3.63, 3.8) is 0 Å². The van der Waals surface area contributed by atoms with Gasteiger partial charge in [0.1, 0.15) is 0 Å². The predicted molar refractivity (Wildman–Crippen MR) is 51.5 cm³/mol. The number of aliphatic imine (C=N–C) groups is 2. The molecule has 4 heteroatoms. The van der Waals surface area contributed by atoms with Crippen LogP contribution in [0.15, 0.2) is 9.98 Å². The van der Waals surface area contributed by atoms with E-state index in [4.69, 9.17) is 0 Å². The van der Waals surface area contributed by atoms with Gasteiger partial charge < -0.3 is 0 Å². The van der Waals surface area contributed by atoms with Gasteiger partial charge in [-0.25, -0.2) is 9.59 Å². The summed E-state index contributed by atoms with van der Waals surface area (Å²) < 4.78 is 0. The summed E-state index contributed by atoms with van der Waals surface area (Å²) in [5, 5.41) is 0. The van der Waals surface area contributed by atoms with Crippen molar-refractivity contribution in [3.05, 3.63) is 0 Å². The topological polar surface area (TPSA) is 58.9 Å². The molecule has 0 radical (unpaired) electrons. The molecule has 0 bridgehead atoms. The van der Waals surface area contributed by atoms with Gasteiger partial charge in [-0.3, -0.25) is 0 Å². The summed E-state index contributed by atoms with van der Waals surface area (Å²) in [4.78, 5) is 28.2. The third kappa shape index (κ3) is 1.98. The second kappa shape index (κ2) is 4.85. The molecular weight excluding hydrogens is 180 g/mol. The minimum absolute atomic E-state index is 0.180. The number of isocyanates is 2. The Morgan fingerprint density at radius 2 is 2.14 bits per heavy atom. The molecule has 1 aliphatic carbocycles. The average Bonchev–Trinajstić information content (AvgIpc) is 2.22. The van der Waals surface area contributed by atoms with Crippen LogP contribution < -0.4 is 0 Å². The minimum atomic E-state index is -0.489. The maximum Gasteiger partial charge on any atom is 0.235 e. The zero-order chi connectivity index (χ0) is 10.4. The summed E-state index contributed by atoms with van der Waals surface area (Å²) in [6.07, 6.45) is 7.59. The van der Waals surface area contributed by atoms with Crippen LogP contribution in [-0.4, -0.2) is 23.7 Å². The number of hydrogen-bond acceptors (Lipinski definition) is 4. The van der Waals surface area contributed by atoms with Gasteiger partial charge in [0.05, 0.1) is 11.6 Å². The van der Waals surface area contributed by atoms with Gasteiger partial charge in [-0.15, -0.1) is 0 Å². The van der Waals surface area contributed by atoms with Crippen molar-refractivity contribution in [2.24, 2.45) is 9.98 Å². The fourth-order valence-corrected chi connectivity index (χ4v) is 2.17. The van der Waals surface area contributed by atoms with E-state index in [1.165, 1.54) is 0 Å². The number of carbonyl (C=O) groups excluding carboxylic acids is 2. The van der Waals surface area contributed by atoms with E-state index in [-0.39, 0.29) is 6.04 Å². The average molecular weight is 194 g/mol. The molecule has 1 saturated carbocycles. The Bertz CT molecular complexity index is 290. The van der Waals surface area contributed by atoms with E-state index in [0.29, 0.717) is 0 Å². The lowest BCUT2D eigenvalue weighted by molar-refractivity contribution is 0.248. The molecule has 0 spiro atoms. The third-order valence-corrected chi connectivity index (χ3v) is 3.05. The first-order chi connectivity index (χ1) is 6.79. The Balaban J connectivity index is 2.97. The van der Waals surface area contributed by atoms with Crippen LogP contribution >= 0.6 is 0 Å². The van der Waals surface area contributed by atoms with E-state index in [1.54, 1.807) is 12.2 Å². The van der Waals surface area contributed by atoms with Crippen LogP contribution in [0.2, 0.25) is 0 Å². The Morgan fingerprint density at radius 1 is 1.36 bits per heavy atom. The number of nitrogens with zero attached hydrogens (tertiary/aromatic N) is 2. The number of rotatable bonds is 3. The summed E-state index contributed by atoms with van der Waals surface area (Å²) in [6.45, 7) is 1.96. The van der Waals surface area contributed by atoms with Gasteiger partial charge in [-0.05, 0) is 19.3 Å². The van der Waals surface area contributed by atoms with E-state index >= 15 is 0 Å². The van der Waals surface area contributed by atoms with Crippen LogP contribution in [0.25, 0.3) is 0 Å².